The molecule has 3 rings (SSSR count). The van der Waals surface area contributed by atoms with Gasteiger partial charge in [-0.3, -0.25) is 0 Å². The van der Waals surface area contributed by atoms with E-state index in [0.29, 0.717) is 30.2 Å². The number of phenols is 1. The monoisotopic (exact) mass is 247 g/mol. The van der Waals surface area contributed by atoms with Crippen LogP contribution in [0.25, 0.3) is 11.4 Å². The fourth-order valence-electron chi connectivity index (χ4n) is 2.04. The molecule has 6 nitrogen and oxygen atoms in total. The predicted molar refractivity (Wildman–Crippen MR) is 62.8 cm³/mol. The first-order valence-electron chi connectivity index (χ1n) is 5.77. The second-order valence-electron chi connectivity index (χ2n) is 4.36. The van der Waals surface area contributed by atoms with Crippen molar-refractivity contribution in [2.75, 3.05) is 6.54 Å². The maximum atomic E-state index is 9.44. The minimum atomic E-state index is -0.369. The maximum Gasteiger partial charge on any atom is 0.244 e. The maximum absolute atomic E-state index is 9.44. The zero-order valence-electron chi connectivity index (χ0n) is 9.58. The molecule has 18 heavy (non-hydrogen) atoms. The smallest absolute Gasteiger partial charge is 0.244 e. The third-order valence-corrected chi connectivity index (χ3v) is 2.95. The Balaban J connectivity index is 1.85. The molecule has 2 heterocycles. The lowest BCUT2D eigenvalue weighted by Gasteiger charge is -2.01. The molecule has 1 saturated heterocycles. The Bertz CT molecular complexity index is 555. The van der Waals surface area contributed by atoms with Crippen LogP contribution in [0.4, 0.5) is 0 Å². The molecule has 0 aliphatic carbocycles. The van der Waals surface area contributed by atoms with Crippen LogP contribution in [0.2, 0.25) is 0 Å². The third kappa shape index (κ3) is 2.07. The number of hydrogen-bond donors (Lipinski definition) is 3. The highest BCUT2D eigenvalue weighted by Crippen LogP contribution is 2.25. The van der Waals surface area contributed by atoms with Gasteiger partial charge in [-0.2, -0.15) is 4.98 Å². The molecule has 0 amide bonds. The largest absolute Gasteiger partial charge is 0.508 e. The first kappa shape index (κ1) is 11.2. The highest BCUT2D eigenvalue weighted by Gasteiger charge is 2.28. The third-order valence-electron chi connectivity index (χ3n) is 2.95. The van der Waals surface area contributed by atoms with E-state index in [4.69, 9.17) is 4.52 Å². The minimum absolute atomic E-state index is 0.0986. The number of aromatic hydroxyl groups is 1. The van der Waals surface area contributed by atoms with E-state index in [1.165, 1.54) is 0 Å². The molecular formula is C12H13N3O3. The van der Waals surface area contributed by atoms with Crippen molar-refractivity contribution in [3.8, 4) is 17.1 Å². The van der Waals surface area contributed by atoms with E-state index in [2.05, 4.69) is 15.5 Å². The van der Waals surface area contributed by atoms with E-state index in [1.807, 2.05) is 0 Å². The number of aliphatic hydroxyl groups is 1. The SMILES string of the molecule is Oc1cccc(-c2noc([C@H]3C[C@@H](O)CN3)n2)c1. The van der Waals surface area contributed by atoms with Crippen molar-refractivity contribution in [1.82, 2.24) is 15.5 Å². The van der Waals surface area contributed by atoms with E-state index in [1.54, 1.807) is 24.3 Å². The van der Waals surface area contributed by atoms with Gasteiger partial charge in [-0.1, -0.05) is 17.3 Å². The van der Waals surface area contributed by atoms with Gasteiger partial charge in [0.2, 0.25) is 11.7 Å². The molecule has 94 valence electrons. The van der Waals surface area contributed by atoms with Gasteiger partial charge in [0.1, 0.15) is 5.75 Å². The van der Waals surface area contributed by atoms with Crippen molar-refractivity contribution in [2.45, 2.75) is 18.6 Å². The Morgan fingerprint density at radius 3 is 3.00 bits per heavy atom. The Hall–Kier alpha value is -1.92. The molecule has 1 aliphatic heterocycles. The van der Waals surface area contributed by atoms with E-state index < -0.39 is 0 Å². The molecule has 0 saturated carbocycles. The second kappa shape index (κ2) is 4.40. The van der Waals surface area contributed by atoms with Crippen LogP contribution in [-0.2, 0) is 0 Å². The van der Waals surface area contributed by atoms with Gasteiger partial charge in [-0.15, -0.1) is 0 Å². The first-order chi connectivity index (χ1) is 8.72. The summed E-state index contributed by atoms with van der Waals surface area (Å²) in [5.41, 5.74) is 0.698. The van der Waals surface area contributed by atoms with Gasteiger partial charge in [0.05, 0.1) is 12.1 Å². The molecule has 1 aromatic carbocycles. The van der Waals surface area contributed by atoms with Crippen molar-refractivity contribution in [3.05, 3.63) is 30.2 Å². The molecule has 0 bridgehead atoms. The molecule has 2 atom stereocenters. The molecule has 1 aliphatic rings. The van der Waals surface area contributed by atoms with Gasteiger partial charge in [0.15, 0.2) is 0 Å². The Kier molecular flexibility index (Phi) is 2.73. The highest BCUT2D eigenvalue weighted by molar-refractivity contribution is 5.56. The van der Waals surface area contributed by atoms with Gasteiger partial charge < -0.3 is 20.1 Å². The summed E-state index contributed by atoms with van der Waals surface area (Å²) in [5, 5.41) is 25.8. The summed E-state index contributed by atoms with van der Waals surface area (Å²) >= 11 is 0. The van der Waals surface area contributed by atoms with Gasteiger partial charge >= 0.3 is 0 Å². The van der Waals surface area contributed by atoms with E-state index in [0.717, 1.165) is 0 Å². The Labute approximate surface area is 103 Å². The van der Waals surface area contributed by atoms with E-state index in [9.17, 15) is 10.2 Å². The lowest BCUT2D eigenvalue weighted by molar-refractivity contribution is 0.191. The van der Waals surface area contributed by atoms with Crippen molar-refractivity contribution < 1.29 is 14.7 Å². The van der Waals surface area contributed by atoms with Crippen LogP contribution >= 0.6 is 0 Å². The minimum Gasteiger partial charge on any atom is -0.508 e. The van der Waals surface area contributed by atoms with Crippen molar-refractivity contribution in [1.29, 1.82) is 0 Å². The highest BCUT2D eigenvalue weighted by atomic mass is 16.5. The molecular weight excluding hydrogens is 234 g/mol. The summed E-state index contributed by atoms with van der Waals surface area (Å²) in [6.07, 6.45) is 0.202. The van der Waals surface area contributed by atoms with Crippen molar-refractivity contribution in [3.63, 3.8) is 0 Å². The number of aromatic nitrogens is 2. The molecule has 6 heteroatoms. The number of rotatable bonds is 2. The molecule has 2 aromatic rings. The van der Waals surface area contributed by atoms with Crippen molar-refractivity contribution in [2.24, 2.45) is 0 Å². The fraction of sp³-hybridized carbons (Fsp3) is 0.333. The summed E-state index contributed by atoms with van der Waals surface area (Å²) in [7, 11) is 0. The molecule has 0 radical (unpaired) electrons. The van der Waals surface area contributed by atoms with Gasteiger partial charge in [0, 0.05) is 12.1 Å². The number of hydrogen-bond acceptors (Lipinski definition) is 6. The van der Waals surface area contributed by atoms with Gasteiger partial charge in [0.25, 0.3) is 0 Å². The number of benzene rings is 1. The summed E-state index contributed by atoms with van der Waals surface area (Å²) in [5.74, 6) is 1.06. The van der Waals surface area contributed by atoms with E-state index >= 15 is 0 Å². The summed E-state index contributed by atoms with van der Waals surface area (Å²) < 4.78 is 5.17. The number of aliphatic hydroxyl groups excluding tert-OH is 1. The second-order valence-corrected chi connectivity index (χ2v) is 4.36. The molecule has 1 aromatic heterocycles. The van der Waals surface area contributed by atoms with Crippen molar-refractivity contribution >= 4 is 0 Å². The Morgan fingerprint density at radius 2 is 2.28 bits per heavy atom. The van der Waals surface area contributed by atoms with Crippen LogP contribution in [0.3, 0.4) is 0 Å². The predicted octanol–water partition coefficient (Wildman–Crippen LogP) is 0.837. The lowest BCUT2D eigenvalue weighted by Crippen LogP contribution is -2.15. The lowest BCUT2D eigenvalue weighted by atomic mass is 10.2. The molecule has 0 spiro atoms. The number of β-amino-alcohol motifs (C(OH)–C–C–N with tert-alkyl or cyclic N) is 1. The molecule has 3 N–H and O–H groups in total. The standard InChI is InChI=1S/C12H13N3O3/c16-8-3-1-2-7(4-8)11-14-12(18-15-11)10-5-9(17)6-13-10/h1-4,9-10,13,16-17H,5-6H2/t9-,10-/m1/s1. The Morgan fingerprint density at radius 1 is 1.39 bits per heavy atom. The van der Waals surface area contributed by atoms with Crippen LogP contribution < -0.4 is 5.32 Å². The van der Waals surface area contributed by atoms with Gasteiger partial charge in [-0.05, 0) is 18.6 Å². The number of nitrogens with zero attached hydrogens (tertiary/aromatic N) is 2. The first-order valence-corrected chi connectivity index (χ1v) is 5.77. The normalized spacial score (nSPS) is 23.4. The molecule has 1 fully saturated rings. The van der Waals surface area contributed by atoms with Crippen LogP contribution in [-0.4, -0.2) is 33.0 Å². The van der Waals surface area contributed by atoms with E-state index in [-0.39, 0.29) is 17.9 Å². The summed E-state index contributed by atoms with van der Waals surface area (Å²) in [4.78, 5) is 4.28. The number of phenolic OH excluding ortho intramolecular Hbond substituents is 1. The summed E-state index contributed by atoms with van der Waals surface area (Å²) in [6.45, 7) is 0.536. The zero-order valence-corrected chi connectivity index (χ0v) is 9.58. The van der Waals surface area contributed by atoms with Crippen LogP contribution in [0, 0.1) is 0 Å². The van der Waals surface area contributed by atoms with Crippen LogP contribution in [0.5, 0.6) is 5.75 Å². The number of nitrogens with one attached hydrogen (secondary N) is 1. The summed E-state index contributed by atoms with van der Waals surface area (Å²) in [6, 6.07) is 6.58. The topological polar surface area (TPSA) is 91.4 Å². The van der Waals surface area contributed by atoms with Crippen LogP contribution in [0.1, 0.15) is 18.4 Å². The average molecular weight is 247 g/mol. The van der Waals surface area contributed by atoms with Gasteiger partial charge in [-0.25, -0.2) is 0 Å². The quantitative estimate of drug-likeness (QED) is 0.728. The zero-order chi connectivity index (χ0) is 12.5. The average Bonchev–Trinajstić information content (AvgIpc) is 2.97. The fourth-order valence-corrected chi connectivity index (χ4v) is 2.04. The molecule has 0 unspecified atom stereocenters. The van der Waals surface area contributed by atoms with Crippen LogP contribution in [0.15, 0.2) is 28.8 Å².